The highest BCUT2D eigenvalue weighted by molar-refractivity contribution is 7.19. The molecule has 6 heterocycles. The van der Waals surface area contributed by atoms with Crippen molar-refractivity contribution in [1.82, 2.24) is 24.6 Å². The number of amides is 1. The normalized spacial score (nSPS) is 14.3. The number of carbonyl (C=O) groups is 2. The van der Waals surface area contributed by atoms with Gasteiger partial charge in [-0.25, -0.2) is 9.78 Å². The zero-order chi connectivity index (χ0) is 29.5. The number of halogens is 3. The average Bonchev–Trinajstić information content (AvgIpc) is 3.65. The molecule has 14 heteroatoms. The average molecular weight is 587 g/mol. The van der Waals surface area contributed by atoms with E-state index in [2.05, 4.69) is 34.3 Å². The molecule has 0 aromatic carbocycles. The number of nitrogens with two attached hydrogens (primary N) is 1. The van der Waals surface area contributed by atoms with Gasteiger partial charge in [-0.05, 0) is 31.9 Å². The number of nitrogens with zero attached hydrogens (tertiary/aromatic N) is 5. The summed E-state index contributed by atoms with van der Waals surface area (Å²) in [6, 6.07) is 4.35. The van der Waals surface area contributed by atoms with E-state index in [-0.39, 0.29) is 11.9 Å². The SMILES string of the molecule is CC(=O)N1CCC(n2cc(-c3cnc(N)c4oc(-c5c(C)sc6cnccc56)cc34)cn2)CC1.O=C(O)C(F)(F)F. The Bertz CT molecular complexity index is 1750. The molecule has 0 atom stereocenters. The molecule has 0 aliphatic carbocycles. The number of aromatic nitrogens is 4. The summed E-state index contributed by atoms with van der Waals surface area (Å²) in [5, 5.41) is 13.8. The van der Waals surface area contributed by atoms with Crippen LogP contribution in [0.15, 0.2) is 47.5 Å². The van der Waals surface area contributed by atoms with Crippen molar-refractivity contribution in [2.75, 3.05) is 18.8 Å². The van der Waals surface area contributed by atoms with Crippen molar-refractivity contribution in [3.63, 3.8) is 0 Å². The van der Waals surface area contributed by atoms with Gasteiger partial charge in [-0.1, -0.05) is 0 Å². The van der Waals surface area contributed by atoms with E-state index >= 15 is 0 Å². The van der Waals surface area contributed by atoms with Crippen molar-refractivity contribution in [3.05, 3.63) is 48.0 Å². The second-order valence-corrected chi connectivity index (χ2v) is 10.8. The molecule has 0 saturated carbocycles. The number of fused-ring (bicyclic) bond motifs is 2. The lowest BCUT2D eigenvalue weighted by atomic mass is 10.0. The number of carboxylic acids is 1. The first-order valence-corrected chi connectivity index (χ1v) is 13.4. The number of thiophene rings is 1. The number of carbonyl (C=O) groups excluding carboxylic acids is 1. The molecule has 0 bridgehead atoms. The highest BCUT2D eigenvalue weighted by Gasteiger charge is 2.38. The maximum absolute atomic E-state index is 11.6. The van der Waals surface area contributed by atoms with E-state index in [1.165, 1.54) is 4.88 Å². The summed E-state index contributed by atoms with van der Waals surface area (Å²) in [4.78, 5) is 32.3. The third kappa shape index (κ3) is 5.59. The number of anilines is 1. The Labute approximate surface area is 235 Å². The number of hydrogen-bond acceptors (Lipinski definition) is 8. The maximum Gasteiger partial charge on any atom is 0.490 e. The number of aliphatic carboxylic acids is 1. The highest BCUT2D eigenvalue weighted by Crippen LogP contribution is 2.42. The van der Waals surface area contributed by atoms with E-state index in [1.807, 2.05) is 28.0 Å². The van der Waals surface area contributed by atoms with Crippen LogP contribution in [-0.4, -0.2) is 60.9 Å². The van der Waals surface area contributed by atoms with Gasteiger partial charge >= 0.3 is 12.1 Å². The molecule has 1 aliphatic heterocycles. The van der Waals surface area contributed by atoms with Gasteiger partial charge in [0.15, 0.2) is 11.4 Å². The fourth-order valence-electron chi connectivity index (χ4n) is 4.90. The molecule has 1 amide bonds. The number of carboxylic acid groups (broad SMARTS) is 1. The quantitative estimate of drug-likeness (QED) is 0.275. The molecule has 0 spiro atoms. The Balaban J connectivity index is 0.000000431. The molecule has 214 valence electrons. The Morgan fingerprint density at radius 2 is 1.88 bits per heavy atom. The maximum atomic E-state index is 11.6. The van der Waals surface area contributed by atoms with Crippen LogP contribution in [0.3, 0.4) is 0 Å². The lowest BCUT2D eigenvalue weighted by Crippen LogP contribution is -2.37. The topological polar surface area (TPSA) is 140 Å². The first kappa shape index (κ1) is 28.1. The number of aryl methyl sites for hydroxylation is 1. The van der Waals surface area contributed by atoms with Gasteiger partial charge in [0.25, 0.3) is 0 Å². The van der Waals surface area contributed by atoms with Crippen LogP contribution in [0.1, 0.15) is 30.7 Å². The van der Waals surface area contributed by atoms with Gasteiger partial charge < -0.3 is 20.2 Å². The number of nitrogen functional groups attached to an aromatic ring is 1. The molecular formula is C27H25F3N6O4S. The second kappa shape index (κ2) is 10.8. The van der Waals surface area contributed by atoms with Crippen LogP contribution in [0.5, 0.6) is 0 Å². The van der Waals surface area contributed by atoms with Crippen LogP contribution < -0.4 is 5.73 Å². The second-order valence-electron chi connectivity index (χ2n) is 9.56. The van der Waals surface area contributed by atoms with Crippen molar-refractivity contribution >= 4 is 50.1 Å². The molecule has 1 fully saturated rings. The van der Waals surface area contributed by atoms with E-state index in [0.29, 0.717) is 11.4 Å². The Morgan fingerprint density at radius 1 is 1.17 bits per heavy atom. The third-order valence-electron chi connectivity index (χ3n) is 6.94. The van der Waals surface area contributed by atoms with Crippen molar-refractivity contribution in [2.24, 2.45) is 0 Å². The zero-order valence-corrected chi connectivity index (χ0v) is 22.8. The van der Waals surface area contributed by atoms with Gasteiger partial charge in [0, 0.05) is 77.1 Å². The Morgan fingerprint density at radius 3 is 2.54 bits per heavy atom. The summed E-state index contributed by atoms with van der Waals surface area (Å²) in [5.41, 5.74) is 9.77. The molecule has 1 saturated heterocycles. The van der Waals surface area contributed by atoms with E-state index < -0.39 is 12.1 Å². The van der Waals surface area contributed by atoms with Crippen molar-refractivity contribution in [2.45, 2.75) is 38.9 Å². The van der Waals surface area contributed by atoms with Crippen LogP contribution in [0.4, 0.5) is 19.0 Å². The molecule has 10 nitrogen and oxygen atoms in total. The van der Waals surface area contributed by atoms with Crippen LogP contribution >= 0.6 is 11.3 Å². The standard InChI is InChI=1S/C25H24N6O2S.C2HF3O2/c1-14-23(18-3-6-27-12-22(18)34-14)21-9-19-20(11-28-25(26)24(19)33-21)16-10-29-31(13-16)17-4-7-30(8-5-17)15(2)32;3-2(4,5)1(6)7/h3,6,9-13,17H,4-5,7-8H2,1-2H3,(H2,26,28);(H,6,7). The molecule has 0 radical (unpaired) electrons. The van der Waals surface area contributed by atoms with E-state index in [9.17, 15) is 18.0 Å². The number of alkyl halides is 3. The Hall–Kier alpha value is -4.46. The molecule has 1 aliphatic rings. The number of pyridine rings is 2. The monoisotopic (exact) mass is 586 g/mol. The molecule has 0 unspecified atom stereocenters. The van der Waals surface area contributed by atoms with Crippen LogP contribution in [0.2, 0.25) is 0 Å². The number of piperidine rings is 1. The lowest BCUT2D eigenvalue weighted by molar-refractivity contribution is -0.192. The van der Waals surface area contributed by atoms with Crippen molar-refractivity contribution in [1.29, 1.82) is 0 Å². The predicted molar refractivity (Wildman–Crippen MR) is 147 cm³/mol. The zero-order valence-electron chi connectivity index (χ0n) is 22.0. The number of hydrogen-bond donors (Lipinski definition) is 2. The predicted octanol–water partition coefficient (Wildman–Crippen LogP) is 5.68. The Kier molecular flexibility index (Phi) is 7.43. The minimum absolute atomic E-state index is 0.135. The van der Waals surface area contributed by atoms with Gasteiger partial charge in [0.2, 0.25) is 5.91 Å². The first-order valence-electron chi connectivity index (χ1n) is 12.6. The summed E-state index contributed by atoms with van der Waals surface area (Å²) < 4.78 is 41.2. The summed E-state index contributed by atoms with van der Waals surface area (Å²) >= 11 is 1.70. The first-order chi connectivity index (χ1) is 19.4. The summed E-state index contributed by atoms with van der Waals surface area (Å²) in [6.07, 6.45) is 6.11. The van der Waals surface area contributed by atoms with E-state index in [0.717, 1.165) is 63.9 Å². The number of likely N-dealkylation sites (tertiary alicyclic amines) is 1. The number of rotatable bonds is 3. The summed E-state index contributed by atoms with van der Waals surface area (Å²) in [5.74, 6) is -1.48. The summed E-state index contributed by atoms with van der Waals surface area (Å²) in [6.45, 7) is 5.24. The third-order valence-corrected chi connectivity index (χ3v) is 8.00. The van der Waals surface area contributed by atoms with Gasteiger partial charge in [-0.2, -0.15) is 18.3 Å². The smallest absolute Gasteiger partial charge is 0.475 e. The molecule has 3 N–H and O–H groups in total. The molecular weight excluding hydrogens is 561 g/mol. The number of furan rings is 1. The molecule has 5 aromatic heterocycles. The van der Waals surface area contributed by atoms with E-state index in [4.69, 9.17) is 20.1 Å². The van der Waals surface area contributed by atoms with E-state index in [1.54, 1.807) is 30.7 Å². The van der Waals surface area contributed by atoms with Crippen molar-refractivity contribution < 1.29 is 32.3 Å². The van der Waals surface area contributed by atoms with Gasteiger partial charge in [-0.3, -0.25) is 14.5 Å². The van der Waals surface area contributed by atoms with Crippen LogP contribution in [0.25, 0.3) is 43.5 Å². The fourth-order valence-corrected chi connectivity index (χ4v) is 5.93. The van der Waals surface area contributed by atoms with Gasteiger partial charge in [-0.15, -0.1) is 11.3 Å². The fraction of sp³-hybridized carbons (Fsp3) is 0.296. The van der Waals surface area contributed by atoms with Crippen LogP contribution in [-0.2, 0) is 9.59 Å². The molecule has 5 aromatic rings. The molecule has 6 rings (SSSR count). The lowest BCUT2D eigenvalue weighted by Gasteiger charge is -2.31. The minimum atomic E-state index is -5.08. The largest absolute Gasteiger partial charge is 0.490 e. The summed E-state index contributed by atoms with van der Waals surface area (Å²) in [7, 11) is 0. The minimum Gasteiger partial charge on any atom is -0.475 e. The molecule has 41 heavy (non-hydrogen) atoms. The van der Waals surface area contributed by atoms with Crippen molar-refractivity contribution in [3.8, 4) is 22.5 Å². The highest BCUT2D eigenvalue weighted by atomic mass is 32.1. The van der Waals surface area contributed by atoms with Gasteiger partial charge in [0.1, 0.15) is 5.76 Å². The van der Waals surface area contributed by atoms with Gasteiger partial charge in [0.05, 0.1) is 16.9 Å². The van der Waals surface area contributed by atoms with Crippen LogP contribution in [0, 0.1) is 6.92 Å².